The summed E-state index contributed by atoms with van der Waals surface area (Å²) in [6, 6.07) is 6.45. The zero-order valence-corrected chi connectivity index (χ0v) is 25.0. The fourth-order valence-corrected chi connectivity index (χ4v) is 5.03. The zero-order valence-electron chi connectivity index (χ0n) is 21.8. The number of pyridine rings is 2. The van der Waals surface area contributed by atoms with Gasteiger partial charge in [-0.15, -0.1) is 24.8 Å². The van der Waals surface area contributed by atoms with Crippen LogP contribution in [0.5, 0.6) is 5.75 Å². The Morgan fingerprint density at radius 2 is 1.64 bits per heavy atom. The fraction of sp³-hybridized carbons (Fsp3) is 0.407. The van der Waals surface area contributed by atoms with Gasteiger partial charge in [0, 0.05) is 23.8 Å². The van der Waals surface area contributed by atoms with Gasteiger partial charge in [-0.25, -0.2) is 4.98 Å². The number of aromatic nitrogens is 2. The van der Waals surface area contributed by atoms with Crippen LogP contribution in [0.15, 0.2) is 30.5 Å². The molecule has 1 amide bonds. The summed E-state index contributed by atoms with van der Waals surface area (Å²) in [4.78, 5) is 34.1. The van der Waals surface area contributed by atoms with E-state index in [0.29, 0.717) is 33.5 Å². The maximum atomic E-state index is 12.5. The van der Waals surface area contributed by atoms with E-state index in [-0.39, 0.29) is 70.3 Å². The molecule has 0 bridgehead atoms. The quantitative estimate of drug-likeness (QED) is 0.233. The molecule has 3 aromatic rings. The van der Waals surface area contributed by atoms with Gasteiger partial charge in [0.15, 0.2) is 11.5 Å². The van der Waals surface area contributed by atoms with Crippen molar-refractivity contribution in [2.24, 2.45) is 11.7 Å². The number of Topliss-reactive ketones (excluding diaryl/α,β-unsaturated/α-hetero) is 1. The molecule has 2 heterocycles. The lowest BCUT2D eigenvalue weighted by Crippen LogP contribution is -2.49. The molecule has 2 aromatic heterocycles. The number of benzene rings is 1. The van der Waals surface area contributed by atoms with Crippen LogP contribution in [0, 0.1) is 5.92 Å². The number of aromatic hydroxyl groups is 1. The number of ketones is 1. The van der Waals surface area contributed by atoms with Crippen molar-refractivity contribution in [1.82, 2.24) is 15.3 Å². The number of carbonyl (C=O) groups excluding carboxylic acids is 2. The van der Waals surface area contributed by atoms with Crippen LogP contribution in [0.25, 0.3) is 22.3 Å². The molecule has 1 aliphatic rings. The first kappa shape index (κ1) is 32.8. The Morgan fingerprint density at radius 3 is 2.21 bits per heavy atom. The van der Waals surface area contributed by atoms with Crippen molar-refractivity contribution in [1.29, 1.82) is 0 Å². The average Bonchev–Trinajstić information content (AvgIpc) is 2.87. The first-order valence-electron chi connectivity index (χ1n) is 12.4. The Bertz CT molecular complexity index is 1320. The summed E-state index contributed by atoms with van der Waals surface area (Å²) < 4.78 is 0. The highest BCUT2D eigenvalue weighted by Crippen LogP contribution is 2.37. The molecule has 4 rings (SSSR count). The highest BCUT2D eigenvalue weighted by molar-refractivity contribution is 6.37. The predicted molar refractivity (Wildman–Crippen MR) is 162 cm³/mol. The topological polar surface area (TPSA) is 130 Å². The minimum Gasteiger partial charge on any atom is -0.505 e. The van der Waals surface area contributed by atoms with Crippen LogP contribution >= 0.6 is 48.0 Å². The Morgan fingerprint density at radius 1 is 1.05 bits per heavy atom. The van der Waals surface area contributed by atoms with E-state index < -0.39 is 6.04 Å². The second-order valence-electron chi connectivity index (χ2n) is 9.93. The molecule has 1 atom stereocenters. The van der Waals surface area contributed by atoms with E-state index in [1.54, 1.807) is 24.4 Å². The van der Waals surface area contributed by atoms with E-state index in [4.69, 9.17) is 33.9 Å². The summed E-state index contributed by atoms with van der Waals surface area (Å²) >= 11 is 12.3. The maximum absolute atomic E-state index is 12.5. The van der Waals surface area contributed by atoms with Crippen LogP contribution < -0.4 is 16.4 Å². The monoisotopic (exact) mass is 615 g/mol. The number of nitrogens with two attached hydrogens (primary N) is 1. The minimum atomic E-state index is -0.518. The third kappa shape index (κ3) is 7.44. The average molecular weight is 617 g/mol. The second-order valence-corrected chi connectivity index (χ2v) is 10.7. The standard InChI is InChI=1S/C27H31Cl2N5O3.2ClH/c1-13(2)23(30)27(37)33-17-6-4-16(5-7-17)32-24-18(14(3)35)12-31-22-9-8-21(34-25(22)24)15-10-19(28)26(36)20(29)11-15;;/h8-13,16-17,23,36H,4-7,30H2,1-3H3,(H,31,32)(H,33,37);2*1H/t16-,17-,23?;;. The van der Waals surface area contributed by atoms with Gasteiger partial charge in [-0.05, 0) is 62.8 Å². The maximum Gasteiger partial charge on any atom is 0.237 e. The summed E-state index contributed by atoms with van der Waals surface area (Å²) in [6.45, 7) is 5.36. The number of nitrogens with one attached hydrogen (secondary N) is 2. The van der Waals surface area contributed by atoms with E-state index in [0.717, 1.165) is 25.7 Å². The summed E-state index contributed by atoms with van der Waals surface area (Å²) in [5, 5.41) is 16.8. The van der Waals surface area contributed by atoms with Crippen LogP contribution in [0.1, 0.15) is 56.8 Å². The lowest BCUT2D eigenvalue weighted by Gasteiger charge is -2.31. The first-order valence-corrected chi connectivity index (χ1v) is 13.1. The number of halogens is 4. The van der Waals surface area contributed by atoms with E-state index in [9.17, 15) is 14.7 Å². The molecular formula is C27H33Cl4N5O3. The molecule has 5 N–H and O–H groups in total. The van der Waals surface area contributed by atoms with Crippen molar-refractivity contribution < 1.29 is 14.7 Å². The first-order chi connectivity index (χ1) is 17.5. The van der Waals surface area contributed by atoms with Crippen molar-refractivity contribution in [2.45, 2.75) is 64.6 Å². The molecule has 1 fully saturated rings. The smallest absolute Gasteiger partial charge is 0.237 e. The largest absolute Gasteiger partial charge is 0.505 e. The number of hydrogen-bond donors (Lipinski definition) is 4. The molecule has 1 unspecified atom stereocenters. The molecule has 1 aliphatic carbocycles. The third-order valence-corrected chi connectivity index (χ3v) is 7.42. The molecule has 0 radical (unpaired) electrons. The van der Waals surface area contributed by atoms with Crippen LogP contribution in [-0.2, 0) is 4.79 Å². The zero-order chi connectivity index (χ0) is 26.9. The van der Waals surface area contributed by atoms with E-state index in [1.165, 1.54) is 6.92 Å². The van der Waals surface area contributed by atoms with Gasteiger partial charge in [-0.2, -0.15) is 0 Å². The molecule has 1 aromatic carbocycles. The lowest BCUT2D eigenvalue weighted by molar-refractivity contribution is -0.124. The van der Waals surface area contributed by atoms with Gasteiger partial charge in [0.2, 0.25) is 5.91 Å². The molecule has 0 aliphatic heterocycles. The molecule has 39 heavy (non-hydrogen) atoms. The number of carbonyl (C=O) groups is 2. The molecule has 12 heteroatoms. The number of amides is 1. The predicted octanol–water partition coefficient (Wildman–Crippen LogP) is 6.18. The van der Waals surface area contributed by atoms with Gasteiger partial charge in [0.1, 0.15) is 5.52 Å². The Labute approximate surface area is 250 Å². The summed E-state index contributed by atoms with van der Waals surface area (Å²) in [5.74, 6) is -0.345. The number of nitrogens with zero attached hydrogens (tertiary/aromatic N) is 2. The Kier molecular flexibility index (Phi) is 11.6. The van der Waals surface area contributed by atoms with Gasteiger partial charge in [-0.3, -0.25) is 14.6 Å². The van der Waals surface area contributed by atoms with Crippen LogP contribution in [0.3, 0.4) is 0 Å². The van der Waals surface area contributed by atoms with Crippen LogP contribution in [0.4, 0.5) is 5.69 Å². The number of hydrogen-bond acceptors (Lipinski definition) is 7. The second kappa shape index (κ2) is 13.8. The van der Waals surface area contributed by atoms with Crippen molar-refractivity contribution in [3.63, 3.8) is 0 Å². The van der Waals surface area contributed by atoms with Gasteiger partial charge in [-0.1, -0.05) is 37.0 Å². The summed E-state index contributed by atoms with van der Waals surface area (Å²) in [6.07, 6.45) is 4.80. The minimum absolute atomic E-state index is 0. The highest BCUT2D eigenvalue weighted by Gasteiger charge is 2.27. The number of phenols is 1. The van der Waals surface area contributed by atoms with Crippen LogP contribution in [-0.4, -0.2) is 44.9 Å². The molecule has 8 nitrogen and oxygen atoms in total. The molecule has 212 valence electrons. The van der Waals surface area contributed by atoms with Crippen LogP contribution in [0.2, 0.25) is 10.0 Å². The Hall–Kier alpha value is -2.36. The summed E-state index contributed by atoms with van der Waals surface area (Å²) in [7, 11) is 0. The number of phenolic OH excluding ortho intramolecular Hbond substituents is 1. The number of anilines is 1. The molecular weight excluding hydrogens is 584 g/mol. The van der Waals surface area contributed by atoms with Crippen molar-refractivity contribution >= 4 is 76.4 Å². The Balaban J connectivity index is 0.00000267. The van der Waals surface area contributed by atoms with Crippen molar-refractivity contribution in [3.8, 4) is 17.0 Å². The van der Waals surface area contributed by atoms with Gasteiger partial charge in [0.25, 0.3) is 0 Å². The van der Waals surface area contributed by atoms with Gasteiger partial charge < -0.3 is 21.5 Å². The molecule has 1 saturated carbocycles. The number of fused-ring (bicyclic) bond motifs is 1. The third-order valence-electron chi connectivity index (χ3n) is 6.85. The van der Waals surface area contributed by atoms with Gasteiger partial charge >= 0.3 is 0 Å². The molecule has 0 saturated heterocycles. The fourth-order valence-electron chi connectivity index (χ4n) is 4.54. The van der Waals surface area contributed by atoms with Gasteiger partial charge in [0.05, 0.1) is 38.5 Å². The normalized spacial score (nSPS) is 17.6. The van der Waals surface area contributed by atoms with Crippen molar-refractivity contribution in [3.05, 3.63) is 46.1 Å². The molecule has 0 spiro atoms. The lowest BCUT2D eigenvalue weighted by atomic mass is 9.90. The van der Waals surface area contributed by atoms with E-state index in [1.807, 2.05) is 19.9 Å². The van der Waals surface area contributed by atoms with E-state index in [2.05, 4.69) is 15.6 Å². The van der Waals surface area contributed by atoms with E-state index >= 15 is 0 Å². The van der Waals surface area contributed by atoms with Crippen molar-refractivity contribution in [2.75, 3.05) is 5.32 Å². The highest BCUT2D eigenvalue weighted by atomic mass is 35.5. The number of rotatable bonds is 7. The SMILES string of the molecule is CC(=O)c1cnc2ccc(-c3cc(Cl)c(O)c(Cl)c3)nc2c1N[C@H]1CC[C@H](NC(=O)C(N)C(C)C)CC1.Cl.Cl. The summed E-state index contributed by atoms with van der Waals surface area (Å²) in [5.41, 5.74) is 9.47.